The second-order valence-corrected chi connectivity index (χ2v) is 6.33. The highest BCUT2D eigenvalue weighted by atomic mass is 15.1. The van der Waals surface area contributed by atoms with Crippen molar-refractivity contribution in [2.75, 3.05) is 0 Å². The molecule has 0 saturated carbocycles. The first-order valence-electron chi connectivity index (χ1n) is 9.07. The van der Waals surface area contributed by atoms with Crippen molar-refractivity contribution >= 4 is 11.2 Å². The number of imidazole rings is 1. The lowest BCUT2D eigenvalue weighted by Crippen LogP contribution is -2.01. The lowest BCUT2D eigenvalue weighted by atomic mass is 10.1. The predicted octanol–water partition coefficient (Wildman–Crippen LogP) is 4.58. The second kappa shape index (κ2) is 8.57. The zero-order valence-electron chi connectivity index (χ0n) is 14.5. The summed E-state index contributed by atoms with van der Waals surface area (Å²) in [7, 11) is 0. The van der Waals surface area contributed by atoms with E-state index >= 15 is 0 Å². The molecule has 0 saturated heterocycles. The average molecular weight is 322 g/mol. The summed E-state index contributed by atoms with van der Waals surface area (Å²) in [5, 5.41) is 0. The monoisotopic (exact) mass is 322 g/mol. The summed E-state index contributed by atoms with van der Waals surface area (Å²) in [5.74, 6) is 0.940. The van der Waals surface area contributed by atoms with E-state index in [1.54, 1.807) is 0 Å². The van der Waals surface area contributed by atoms with E-state index in [0.29, 0.717) is 0 Å². The minimum Gasteiger partial charge on any atom is -0.315 e. The number of nitrogens with zero attached hydrogens (tertiary/aromatic N) is 4. The number of rotatable bonds is 9. The Kier molecular flexibility index (Phi) is 5.94. The minimum absolute atomic E-state index is 0.902. The van der Waals surface area contributed by atoms with Crippen LogP contribution >= 0.6 is 0 Å². The first kappa shape index (κ1) is 16.6. The average Bonchev–Trinajstić information content (AvgIpc) is 3.03. The Balaban J connectivity index is 1.51. The Hall–Kier alpha value is -2.23. The van der Waals surface area contributed by atoms with Crippen LogP contribution in [-0.4, -0.2) is 19.5 Å². The summed E-state index contributed by atoms with van der Waals surface area (Å²) in [6.07, 6.45) is 11.8. The fourth-order valence-corrected chi connectivity index (χ4v) is 2.94. The second-order valence-electron chi connectivity index (χ2n) is 6.33. The fraction of sp³-hybridized carbons (Fsp3) is 0.450. The molecular weight excluding hydrogens is 296 g/mol. The normalized spacial score (nSPS) is 11.2. The Labute approximate surface area is 144 Å². The maximum atomic E-state index is 4.71. The van der Waals surface area contributed by atoms with Gasteiger partial charge in [-0.05, 0) is 31.2 Å². The number of fused-ring (bicyclic) bond motifs is 1. The van der Waals surface area contributed by atoms with Gasteiger partial charge in [0.2, 0.25) is 0 Å². The van der Waals surface area contributed by atoms with Crippen molar-refractivity contribution < 1.29 is 0 Å². The van der Waals surface area contributed by atoms with Gasteiger partial charge in [0.25, 0.3) is 0 Å². The lowest BCUT2D eigenvalue weighted by molar-refractivity contribution is 0.593. The third-order valence-corrected chi connectivity index (χ3v) is 4.37. The van der Waals surface area contributed by atoms with Gasteiger partial charge in [0.15, 0.2) is 5.65 Å². The van der Waals surface area contributed by atoms with Crippen LogP contribution in [0.3, 0.4) is 0 Å². The molecule has 1 aromatic carbocycles. The topological polar surface area (TPSA) is 43.6 Å². The molecule has 0 N–H and O–H groups in total. The van der Waals surface area contributed by atoms with E-state index in [4.69, 9.17) is 4.98 Å². The van der Waals surface area contributed by atoms with Crippen LogP contribution in [0, 0.1) is 0 Å². The molecule has 0 aliphatic carbocycles. The van der Waals surface area contributed by atoms with Crippen molar-refractivity contribution in [2.45, 2.75) is 58.4 Å². The van der Waals surface area contributed by atoms with Crippen LogP contribution in [0.15, 0.2) is 42.9 Å². The lowest BCUT2D eigenvalue weighted by Gasteiger charge is -2.05. The molecule has 0 unspecified atom stereocenters. The Morgan fingerprint density at radius 3 is 2.62 bits per heavy atom. The number of aromatic nitrogens is 4. The van der Waals surface area contributed by atoms with Crippen LogP contribution in [0.1, 0.15) is 50.4 Å². The Morgan fingerprint density at radius 2 is 1.79 bits per heavy atom. The van der Waals surface area contributed by atoms with Gasteiger partial charge in [-0.3, -0.25) is 0 Å². The zero-order valence-corrected chi connectivity index (χ0v) is 14.5. The summed E-state index contributed by atoms with van der Waals surface area (Å²) in [6.45, 7) is 3.17. The molecule has 24 heavy (non-hydrogen) atoms. The van der Waals surface area contributed by atoms with Crippen molar-refractivity contribution in [1.82, 2.24) is 19.5 Å². The molecule has 0 aliphatic rings. The molecule has 0 fully saturated rings. The number of aryl methyl sites for hydroxylation is 3. The summed E-state index contributed by atoms with van der Waals surface area (Å²) >= 11 is 0. The SMILES string of the molecule is CCCCc1ncc2ncn(CCCCCc3ccccc3)c2n1. The van der Waals surface area contributed by atoms with Gasteiger partial charge in [-0.2, -0.15) is 0 Å². The third-order valence-electron chi connectivity index (χ3n) is 4.37. The van der Waals surface area contributed by atoms with Crippen molar-refractivity contribution in [3.63, 3.8) is 0 Å². The van der Waals surface area contributed by atoms with Gasteiger partial charge in [-0.25, -0.2) is 15.0 Å². The van der Waals surface area contributed by atoms with Crippen LogP contribution in [0.5, 0.6) is 0 Å². The van der Waals surface area contributed by atoms with Crippen molar-refractivity contribution in [3.8, 4) is 0 Å². The predicted molar refractivity (Wildman–Crippen MR) is 97.9 cm³/mol. The van der Waals surface area contributed by atoms with E-state index in [0.717, 1.165) is 49.2 Å². The molecule has 0 bridgehead atoms. The maximum Gasteiger partial charge on any atom is 0.163 e. The van der Waals surface area contributed by atoms with Crippen LogP contribution < -0.4 is 0 Å². The van der Waals surface area contributed by atoms with Gasteiger partial charge in [-0.1, -0.05) is 50.1 Å². The van der Waals surface area contributed by atoms with E-state index in [1.165, 1.54) is 24.8 Å². The van der Waals surface area contributed by atoms with E-state index < -0.39 is 0 Å². The standard InChI is InChI=1S/C20H26N4/c1-2-3-13-19-21-15-18-20(23-19)24(16-22-18)14-9-5-8-12-17-10-6-4-7-11-17/h4,6-7,10-11,15-16H,2-3,5,8-9,12-14H2,1H3. The van der Waals surface area contributed by atoms with Crippen molar-refractivity contribution in [2.24, 2.45) is 0 Å². The van der Waals surface area contributed by atoms with Gasteiger partial charge in [0.05, 0.1) is 12.5 Å². The summed E-state index contributed by atoms with van der Waals surface area (Å²) < 4.78 is 2.18. The van der Waals surface area contributed by atoms with Gasteiger partial charge >= 0.3 is 0 Å². The van der Waals surface area contributed by atoms with E-state index in [1.807, 2.05) is 12.5 Å². The minimum atomic E-state index is 0.902. The zero-order chi connectivity index (χ0) is 16.6. The fourth-order valence-electron chi connectivity index (χ4n) is 2.94. The molecule has 0 amide bonds. The quantitative estimate of drug-likeness (QED) is 0.542. The molecule has 2 aromatic heterocycles. The Bertz CT molecular complexity index is 749. The molecule has 0 radical (unpaired) electrons. The van der Waals surface area contributed by atoms with Crippen LogP contribution in [0.2, 0.25) is 0 Å². The summed E-state index contributed by atoms with van der Waals surface area (Å²) in [4.78, 5) is 13.5. The first-order valence-corrected chi connectivity index (χ1v) is 9.07. The number of hydrogen-bond acceptors (Lipinski definition) is 3. The molecule has 0 aliphatic heterocycles. The van der Waals surface area contributed by atoms with Crippen LogP contribution in [-0.2, 0) is 19.4 Å². The van der Waals surface area contributed by atoms with Gasteiger partial charge in [0, 0.05) is 13.0 Å². The molecule has 4 heteroatoms. The van der Waals surface area contributed by atoms with E-state index in [2.05, 4.69) is 51.8 Å². The molecule has 0 atom stereocenters. The molecule has 0 spiro atoms. The molecule has 126 valence electrons. The first-order chi connectivity index (χ1) is 11.9. The smallest absolute Gasteiger partial charge is 0.163 e. The maximum absolute atomic E-state index is 4.71. The number of unbranched alkanes of at least 4 members (excludes halogenated alkanes) is 3. The van der Waals surface area contributed by atoms with Crippen LogP contribution in [0.25, 0.3) is 11.2 Å². The van der Waals surface area contributed by atoms with E-state index in [-0.39, 0.29) is 0 Å². The summed E-state index contributed by atoms with van der Waals surface area (Å²) in [6, 6.07) is 10.7. The molecule has 3 aromatic rings. The molecule has 4 nitrogen and oxygen atoms in total. The molecule has 2 heterocycles. The van der Waals surface area contributed by atoms with Gasteiger partial charge in [0.1, 0.15) is 11.3 Å². The molecular formula is C20H26N4. The number of benzene rings is 1. The Morgan fingerprint density at radius 1 is 0.917 bits per heavy atom. The van der Waals surface area contributed by atoms with Gasteiger partial charge in [-0.15, -0.1) is 0 Å². The largest absolute Gasteiger partial charge is 0.315 e. The highest BCUT2D eigenvalue weighted by molar-refractivity contribution is 5.69. The highest BCUT2D eigenvalue weighted by Crippen LogP contribution is 2.13. The molecule has 3 rings (SSSR count). The number of hydrogen-bond donors (Lipinski definition) is 0. The van der Waals surface area contributed by atoms with Crippen molar-refractivity contribution in [1.29, 1.82) is 0 Å². The van der Waals surface area contributed by atoms with Crippen molar-refractivity contribution in [3.05, 3.63) is 54.2 Å². The van der Waals surface area contributed by atoms with Crippen LogP contribution in [0.4, 0.5) is 0 Å². The summed E-state index contributed by atoms with van der Waals surface area (Å²) in [5.41, 5.74) is 3.32. The van der Waals surface area contributed by atoms with E-state index in [9.17, 15) is 0 Å². The third kappa shape index (κ3) is 4.40. The van der Waals surface area contributed by atoms with Gasteiger partial charge < -0.3 is 4.57 Å². The highest BCUT2D eigenvalue weighted by Gasteiger charge is 2.06.